The monoisotopic (exact) mass is 381 g/mol. The average molecular weight is 382 g/mol. The lowest BCUT2D eigenvalue weighted by atomic mass is 10.1. The third-order valence-electron chi connectivity index (χ3n) is 4.14. The van der Waals surface area contributed by atoms with Crippen LogP contribution in [0, 0.1) is 6.92 Å². The van der Waals surface area contributed by atoms with Crippen LogP contribution in [0.25, 0.3) is 0 Å². The summed E-state index contributed by atoms with van der Waals surface area (Å²) >= 11 is 6.07. The zero-order chi connectivity index (χ0) is 19.2. The molecule has 0 aliphatic rings. The van der Waals surface area contributed by atoms with E-state index >= 15 is 0 Å². The summed E-state index contributed by atoms with van der Waals surface area (Å²) < 4.78 is 0. The first kappa shape index (κ1) is 18.7. The molecule has 6 heteroatoms. The Morgan fingerprint density at radius 2 is 1.93 bits per heavy atom. The molecule has 1 heterocycles. The zero-order valence-corrected chi connectivity index (χ0v) is 15.6. The average Bonchev–Trinajstić information content (AvgIpc) is 2.66. The van der Waals surface area contributed by atoms with E-state index < -0.39 is 0 Å². The summed E-state index contributed by atoms with van der Waals surface area (Å²) in [7, 11) is 0. The van der Waals surface area contributed by atoms with Gasteiger partial charge in [0.1, 0.15) is 11.6 Å². The number of aryl methyl sites for hydroxylation is 1. The smallest absolute Gasteiger partial charge is 0.255 e. The summed E-state index contributed by atoms with van der Waals surface area (Å²) in [5.74, 6) is 0.499. The van der Waals surface area contributed by atoms with Crippen LogP contribution in [0.5, 0.6) is 5.75 Å². The molecule has 0 aliphatic carbocycles. The van der Waals surface area contributed by atoms with Gasteiger partial charge < -0.3 is 15.7 Å². The fourth-order valence-corrected chi connectivity index (χ4v) is 2.79. The number of nitrogens with one attached hydrogen (secondary N) is 2. The number of aromatic hydroxyl groups is 1. The molecule has 3 aromatic rings. The lowest BCUT2D eigenvalue weighted by molar-refractivity contribution is 0.0954. The maximum absolute atomic E-state index is 12.6. The van der Waals surface area contributed by atoms with E-state index in [4.69, 9.17) is 11.6 Å². The van der Waals surface area contributed by atoms with Gasteiger partial charge in [0.15, 0.2) is 0 Å². The predicted molar refractivity (Wildman–Crippen MR) is 108 cm³/mol. The Balaban J connectivity index is 1.68. The Kier molecular flexibility index (Phi) is 5.94. The highest BCUT2D eigenvalue weighted by molar-refractivity contribution is 6.30. The van der Waals surface area contributed by atoms with Crippen LogP contribution in [0.2, 0.25) is 5.02 Å². The third-order valence-corrected chi connectivity index (χ3v) is 4.38. The van der Waals surface area contributed by atoms with Crippen molar-refractivity contribution in [2.75, 3.05) is 11.9 Å². The van der Waals surface area contributed by atoms with Crippen LogP contribution in [0.1, 0.15) is 21.5 Å². The van der Waals surface area contributed by atoms with E-state index in [1.165, 1.54) is 0 Å². The van der Waals surface area contributed by atoms with Crippen LogP contribution in [-0.4, -0.2) is 22.5 Å². The summed E-state index contributed by atoms with van der Waals surface area (Å²) in [6.45, 7) is 2.44. The first-order valence-electron chi connectivity index (χ1n) is 8.57. The molecule has 1 aromatic heterocycles. The molecule has 5 nitrogen and oxygen atoms in total. The molecule has 138 valence electrons. The molecule has 0 fully saturated rings. The number of pyridine rings is 1. The molecule has 27 heavy (non-hydrogen) atoms. The Labute approximate surface area is 163 Å². The molecule has 0 radical (unpaired) electrons. The Morgan fingerprint density at radius 3 is 2.70 bits per heavy atom. The number of amides is 1. The van der Waals surface area contributed by atoms with Gasteiger partial charge in [-0.1, -0.05) is 29.8 Å². The minimum atomic E-state index is -0.205. The Bertz CT molecular complexity index is 942. The molecular formula is C21H20ClN3O2. The van der Waals surface area contributed by atoms with Crippen LogP contribution < -0.4 is 10.6 Å². The summed E-state index contributed by atoms with van der Waals surface area (Å²) in [5.41, 5.74) is 3.30. The maximum atomic E-state index is 12.6. The largest absolute Gasteiger partial charge is 0.508 e. The number of anilines is 2. The van der Waals surface area contributed by atoms with Crippen molar-refractivity contribution >= 4 is 29.0 Å². The zero-order valence-electron chi connectivity index (χ0n) is 14.9. The SMILES string of the molecule is Cc1ccc(Cl)cc1Nc1ncccc1C(=O)NCCc1ccc(O)cc1. The quantitative estimate of drug-likeness (QED) is 0.589. The summed E-state index contributed by atoms with van der Waals surface area (Å²) in [6, 6.07) is 15.9. The highest BCUT2D eigenvalue weighted by Gasteiger charge is 2.13. The van der Waals surface area contributed by atoms with Crippen molar-refractivity contribution in [1.29, 1.82) is 0 Å². The first-order chi connectivity index (χ1) is 13.0. The van der Waals surface area contributed by atoms with E-state index in [2.05, 4.69) is 15.6 Å². The topological polar surface area (TPSA) is 74.2 Å². The maximum Gasteiger partial charge on any atom is 0.255 e. The summed E-state index contributed by atoms with van der Waals surface area (Å²) in [4.78, 5) is 16.9. The van der Waals surface area contributed by atoms with Gasteiger partial charge in [-0.25, -0.2) is 4.98 Å². The van der Waals surface area contributed by atoms with Crippen molar-refractivity contribution in [2.24, 2.45) is 0 Å². The molecule has 3 rings (SSSR count). The number of phenolic OH excluding ortho intramolecular Hbond substituents is 1. The summed E-state index contributed by atoms with van der Waals surface area (Å²) in [5, 5.41) is 16.0. The first-order valence-corrected chi connectivity index (χ1v) is 8.95. The Morgan fingerprint density at radius 1 is 1.15 bits per heavy atom. The van der Waals surface area contributed by atoms with Gasteiger partial charge in [0.2, 0.25) is 0 Å². The second kappa shape index (κ2) is 8.56. The van der Waals surface area contributed by atoms with Crippen molar-refractivity contribution in [2.45, 2.75) is 13.3 Å². The van der Waals surface area contributed by atoms with Crippen LogP contribution in [0.3, 0.4) is 0 Å². The predicted octanol–water partition coefficient (Wildman–Crippen LogP) is 4.47. The van der Waals surface area contributed by atoms with E-state index in [-0.39, 0.29) is 11.7 Å². The van der Waals surface area contributed by atoms with Crippen molar-refractivity contribution in [3.05, 3.63) is 82.5 Å². The lowest BCUT2D eigenvalue weighted by Crippen LogP contribution is -2.26. The third kappa shape index (κ3) is 4.99. The standard InChI is InChI=1S/C21H20ClN3O2/c1-14-4-7-16(22)13-19(14)25-20-18(3-2-11-23-20)21(27)24-12-10-15-5-8-17(26)9-6-15/h2-9,11,13,26H,10,12H2,1H3,(H,23,25)(H,24,27). The second-order valence-corrected chi connectivity index (χ2v) is 6.59. The number of carbonyl (C=O) groups excluding carboxylic acids is 1. The van der Waals surface area contributed by atoms with Crippen molar-refractivity contribution < 1.29 is 9.90 Å². The molecule has 0 aliphatic heterocycles. The normalized spacial score (nSPS) is 10.4. The van der Waals surface area contributed by atoms with E-state index in [9.17, 15) is 9.90 Å². The van der Waals surface area contributed by atoms with E-state index in [0.29, 0.717) is 29.4 Å². The second-order valence-electron chi connectivity index (χ2n) is 6.16. The number of hydrogen-bond acceptors (Lipinski definition) is 4. The number of benzene rings is 2. The lowest BCUT2D eigenvalue weighted by Gasteiger charge is -2.13. The van der Waals surface area contributed by atoms with Gasteiger partial charge in [-0.05, 0) is 60.9 Å². The van der Waals surface area contributed by atoms with Crippen molar-refractivity contribution in [3.8, 4) is 5.75 Å². The molecule has 0 atom stereocenters. The molecule has 0 bridgehead atoms. The molecule has 0 saturated heterocycles. The number of hydrogen-bond donors (Lipinski definition) is 3. The number of phenols is 1. The van der Waals surface area contributed by atoms with Gasteiger partial charge in [-0.15, -0.1) is 0 Å². The minimum Gasteiger partial charge on any atom is -0.508 e. The molecule has 1 amide bonds. The number of halogens is 1. The number of rotatable bonds is 6. The van der Waals surface area contributed by atoms with Gasteiger partial charge in [0.05, 0.1) is 5.56 Å². The fourth-order valence-electron chi connectivity index (χ4n) is 2.62. The summed E-state index contributed by atoms with van der Waals surface area (Å²) in [6.07, 6.45) is 2.30. The van der Waals surface area contributed by atoms with E-state index in [1.807, 2.05) is 31.2 Å². The molecule has 0 unspecified atom stereocenters. The molecule has 2 aromatic carbocycles. The van der Waals surface area contributed by atoms with Gasteiger partial charge in [0.25, 0.3) is 5.91 Å². The van der Waals surface area contributed by atoms with E-state index in [1.54, 1.807) is 36.5 Å². The van der Waals surface area contributed by atoms with Crippen molar-refractivity contribution in [1.82, 2.24) is 10.3 Å². The van der Waals surface area contributed by atoms with Gasteiger partial charge in [-0.3, -0.25) is 4.79 Å². The van der Waals surface area contributed by atoms with Crippen molar-refractivity contribution in [3.63, 3.8) is 0 Å². The highest BCUT2D eigenvalue weighted by atomic mass is 35.5. The van der Waals surface area contributed by atoms with Gasteiger partial charge in [-0.2, -0.15) is 0 Å². The molecule has 0 saturated carbocycles. The van der Waals surface area contributed by atoms with E-state index in [0.717, 1.165) is 16.8 Å². The molecular weight excluding hydrogens is 362 g/mol. The number of aromatic nitrogens is 1. The fraction of sp³-hybridized carbons (Fsp3) is 0.143. The highest BCUT2D eigenvalue weighted by Crippen LogP contribution is 2.25. The molecule has 3 N–H and O–H groups in total. The minimum absolute atomic E-state index is 0.205. The van der Waals surface area contributed by atoms with Crippen LogP contribution >= 0.6 is 11.6 Å². The van der Waals surface area contributed by atoms with Gasteiger partial charge in [0, 0.05) is 23.5 Å². The van der Waals surface area contributed by atoms with Crippen LogP contribution in [-0.2, 0) is 6.42 Å². The number of carbonyl (C=O) groups is 1. The Hall–Kier alpha value is -3.05. The van der Waals surface area contributed by atoms with Crippen LogP contribution in [0.15, 0.2) is 60.8 Å². The van der Waals surface area contributed by atoms with Gasteiger partial charge >= 0.3 is 0 Å². The number of nitrogens with zero attached hydrogens (tertiary/aromatic N) is 1. The molecule has 0 spiro atoms. The van der Waals surface area contributed by atoms with Crippen LogP contribution in [0.4, 0.5) is 11.5 Å².